The molecule has 0 aliphatic rings. The molecular weight excluding hydrogens is 359 g/mol. The highest BCUT2D eigenvalue weighted by Crippen LogP contribution is 2.23. The van der Waals surface area contributed by atoms with Gasteiger partial charge in [0.2, 0.25) is 0 Å². The van der Waals surface area contributed by atoms with Crippen molar-refractivity contribution in [3.8, 4) is 0 Å². The molecule has 0 amide bonds. The second kappa shape index (κ2) is 4.93. The van der Waals surface area contributed by atoms with E-state index in [1.54, 1.807) is 6.08 Å². The van der Waals surface area contributed by atoms with Crippen LogP contribution in [0.2, 0.25) is 0 Å². The molecule has 0 unspecified atom stereocenters. The Balaban J connectivity index is 3.10. The lowest BCUT2D eigenvalue weighted by Gasteiger charge is -2.03. The molecule has 0 aromatic heterocycles. The number of carboxylic acids is 1. The van der Waals surface area contributed by atoms with Crippen molar-refractivity contribution in [2.45, 2.75) is 6.92 Å². The fraction of sp³-hybridized carbons (Fsp3) is 0.100. The summed E-state index contributed by atoms with van der Waals surface area (Å²) < 4.78 is 2.10. The second-order valence-corrected chi connectivity index (χ2v) is 4.81. The molecule has 1 aromatic rings. The zero-order valence-corrected chi connectivity index (χ0v) is 11.2. The number of rotatable bonds is 2. The number of aliphatic carboxylic acids is 1. The minimum absolute atomic E-state index is 0.928. The standard InChI is InChI=1S/C10H8BrIO2/c1-6-4-8(11)9(12)5-7(6)2-3-10(13)14/h2-5H,1H3,(H,13,14)/b3-2+. The largest absolute Gasteiger partial charge is 0.478 e. The molecule has 4 heteroatoms. The molecule has 1 aromatic carbocycles. The highest BCUT2D eigenvalue weighted by molar-refractivity contribution is 14.1. The van der Waals surface area contributed by atoms with E-state index in [9.17, 15) is 4.79 Å². The first kappa shape index (κ1) is 11.7. The predicted molar refractivity (Wildman–Crippen MR) is 68.3 cm³/mol. The molecule has 0 heterocycles. The third-order valence-corrected chi connectivity index (χ3v) is 4.00. The summed E-state index contributed by atoms with van der Waals surface area (Å²) in [6, 6.07) is 3.92. The van der Waals surface area contributed by atoms with E-state index >= 15 is 0 Å². The minimum atomic E-state index is -0.928. The van der Waals surface area contributed by atoms with E-state index in [4.69, 9.17) is 5.11 Å². The summed E-state index contributed by atoms with van der Waals surface area (Å²) in [6.07, 6.45) is 2.75. The minimum Gasteiger partial charge on any atom is -0.478 e. The fourth-order valence-electron chi connectivity index (χ4n) is 1.00. The van der Waals surface area contributed by atoms with Crippen molar-refractivity contribution in [2.75, 3.05) is 0 Å². The normalized spacial score (nSPS) is 10.8. The first-order chi connectivity index (χ1) is 6.50. The van der Waals surface area contributed by atoms with Crippen molar-refractivity contribution in [2.24, 2.45) is 0 Å². The molecule has 0 spiro atoms. The Kier molecular flexibility index (Phi) is 4.12. The van der Waals surface area contributed by atoms with Gasteiger partial charge in [-0.25, -0.2) is 4.79 Å². The van der Waals surface area contributed by atoms with Crippen molar-refractivity contribution < 1.29 is 9.90 Å². The lowest BCUT2D eigenvalue weighted by molar-refractivity contribution is -0.131. The van der Waals surface area contributed by atoms with Crippen LogP contribution in [-0.2, 0) is 4.79 Å². The van der Waals surface area contributed by atoms with Gasteiger partial charge in [0.25, 0.3) is 0 Å². The Labute approximate surface area is 104 Å². The molecule has 0 saturated heterocycles. The quantitative estimate of drug-likeness (QED) is 0.642. The third-order valence-electron chi connectivity index (χ3n) is 1.71. The number of hydrogen-bond donors (Lipinski definition) is 1. The molecule has 0 bridgehead atoms. The highest BCUT2D eigenvalue weighted by atomic mass is 127. The maximum atomic E-state index is 10.3. The molecular formula is C10H8BrIO2. The van der Waals surface area contributed by atoms with Gasteiger partial charge in [0, 0.05) is 14.1 Å². The number of benzene rings is 1. The van der Waals surface area contributed by atoms with E-state index in [1.165, 1.54) is 0 Å². The summed E-state index contributed by atoms with van der Waals surface area (Å²) in [5, 5.41) is 8.49. The molecule has 74 valence electrons. The van der Waals surface area contributed by atoms with Gasteiger partial charge in [0.05, 0.1) is 0 Å². The summed E-state index contributed by atoms with van der Waals surface area (Å²) in [6.45, 7) is 1.95. The molecule has 0 radical (unpaired) electrons. The second-order valence-electron chi connectivity index (χ2n) is 2.79. The fourth-order valence-corrected chi connectivity index (χ4v) is 1.95. The predicted octanol–water partition coefficient (Wildman–Crippen LogP) is 3.46. The van der Waals surface area contributed by atoms with Crippen LogP contribution >= 0.6 is 38.5 Å². The molecule has 1 rings (SSSR count). The average Bonchev–Trinajstić information content (AvgIpc) is 2.09. The Morgan fingerprint density at radius 2 is 2.21 bits per heavy atom. The van der Waals surface area contributed by atoms with E-state index in [0.29, 0.717) is 0 Å². The molecule has 0 fully saturated rings. The van der Waals surface area contributed by atoms with Gasteiger partial charge in [-0.15, -0.1) is 0 Å². The third kappa shape index (κ3) is 3.09. The van der Waals surface area contributed by atoms with Crippen LogP contribution in [-0.4, -0.2) is 11.1 Å². The van der Waals surface area contributed by atoms with Gasteiger partial charge in [-0.3, -0.25) is 0 Å². The average molecular weight is 367 g/mol. The Bertz CT molecular complexity index is 399. The molecule has 0 aliphatic heterocycles. The zero-order chi connectivity index (χ0) is 10.7. The lowest BCUT2D eigenvalue weighted by atomic mass is 10.1. The summed E-state index contributed by atoms with van der Waals surface area (Å²) in [7, 11) is 0. The van der Waals surface area contributed by atoms with Crippen LogP contribution in [0, 0.1) is 10.5 Å². The molecule has 2 nitrogen and oxygen atoms in total. The van der Waals surface area contributed by atoms with Gasteiger partial charge in [0.1, 0.15) is 0 Å². The van der Waals surface area contributed by atoms with Crippen LogP contribution in [0.3, 0.4) is 0 Å². The monoisotopic (exact) mass is 366 g/mol. The van der Waals surface area contributed by atoms with Crippen molar-refractivity contribution >= 4 is 50.6 Å². The van der Waals surface area contributed by atoms with Gasteiger partial charge in [-0.2, -0.15) is 0 Å². The lowest BCUT2D eigenvalue weighted by Crippen LogP contribution is -1.88. The van der Waals surface area contributed by atoms with E-state index in [1.807, 2.05) is 19.1 Å². The summed E-state index contributed by atoms with van der Waals surface area (Å²) >= 11 is 5.61. The van der Waals surface area contributed by atoms with Crippen molar-refractivity contribution in [1.82, 2.24) is 0 Å². The zero-order valence-electron chi connectivity index (χ0n) is 7.42. The van der Waals surface area contributed by atoms with Crippen LogP contribution in [0.25, 0.3) is 6.08 Å². The van der Waals surface area contributed by atoms with E-state index < -0.39 is 5.97 Å². The number of carbonyl (C=O) groups is 1. The van der Waals surface area contributed by atoms with Crippen LogP contribution in [0.4, 0.5) is 0 Å². The molecule has 14 heavy (non-hydrogen) atoms. The Morgan fingerprint density at radius 1 is 1.57 bits per heavy atom. The van der Waals surface area contributed by atoms with Gasteiger partial charge < -0.3 is 5.11 Å². The summed E-state index contributed by atoms with van der Waals surface area (Å²) in [5.41, 5.74) is 1.98. The maximum Gasteiger partial charge on any atom is 0.328 e. The molecule has 1 N–H and O–H groups in total. The first-order valence-corrected chi connectivity index (χ1v) is 5.74. The van der Waals surface area contributed by atoms with Gasteiger partial charge in [-0.05, 0) is 74.8 Å². The van der Waals surface area contributed by atoms with Crippen LogP contribution in [0.15, 0.2) is 22.7 Å². The number of carboxylic acid groups (broad SMARTS) is 1. The van der Waals surface area contributed by atoms with E-state index in [2.05, 4.69) is 38.5 Å². The Hall–Kier alpha value is -0.360. The number of halogens is 2. The molecule has 0 saturated carbocycles. The van der Waals surface area contributed by atoms with E-state index in [-0.39, 0.29) is 0 Å². The topological polar surface area (TPSA) is 37.3 Å². The number of aryl methyl sites for hydroxylation is 1. The van der Waals surface area contributed by atoms with Crippen molar-refractivity contribution in [1.29, 1.82) is 0 Å². The molecule has 0 aliphatic carbocycles. The van der Waals surface area contributed by atoms with Gasteiger partial charge >= 0.3 is 5.97 Å². The summed E-state index contributed by atoms with van der Waals surface area (Å²) in [5.74, 6) is -0.928. The maximum absolute atomic E-state index is 10.3. The van der Waals surface area contributed by atoms with E-state index in [0.717, 1.165) is 25.2 Å². The molecule has 0 atom stereocenters. The number of hydrogen-bond acceptors (Lipinski definition) is 1. The smallest absolute Gasteiger partial charge is 0.328 e. The SMILES string of the molecule is Cc1cc(Br)c(I)cc1/C=C/C(=O)O. The van der Waals surface area contributed by atoms with Crippen LogP contribution < -0.4 is 0 Å². The summed E-state index contributed by atoms with van der Waals surface area (Å²) in [4.78, 5) is 10.3. The van der Waals surface area contributed by atoms with Gasteiger partial charge in [0.15, 0.2) is 0 Å². The van der Waals surface area contributed by atoms with Crippen molar-refractivity contribution in [3.63, 3.8) is 0 Å². The van der Waals surface area contributed by atoms with Crippen LogP contribution in [0.1, 0.15) is 11.1 Å². The highest BCUT2D eigenvalue weighted by Gasteiger charge is 2.01. The Morgan fingerprint density at radius 3 is 2.79 bits per heavy atom. The van der Waals surface area contributed by atoms with Gasteiger partial charge in [-0.1, -0.05) is 0 Å². The first-order valence-electron chi connectivity index (χ1n) is 3.87. The van der Waals surface area contributed by atoms with Crippen LogP contribution in [0.5, 0.6) is 0 Å². The van der Waals surface area contributed by atoms with Crippen molar-refractivity contribution in [3.05, 3.63) is 37.4 Å².